The number of amides is 1. The zero-order valence-corrected chi connectivity index (χ0v) is 21.1. The Bertz CT molecular complexity index is 1640. The number of nitrogens with one attached hydrogen (secondary N) is 2. The lowest BCUT2D eigenvalue weighted by Crippen LogP contribution is -2.12. The molecule has 0 aliphatic carbocycles. The minimum atomic E-state index is -0.279. The van der Waals surface area contributed by atoms with Gasteiger partial charge in [-0.2, -0.15) is 14.9 Å². The van der Waals surface area contributed by atoms with Gasteiger partial charge in [-0.1, -0.05) is 48.0 Å². The van der Waals surface area contributed by atoms with Crippen LogP contribution in [0.25, 0.3) is 16.9 Å². The van der Waals surface area contributed by atoms with Gasteiger partial charge < -0.3 is 10.6 Å². The van der Waals surface area contributed by atoms with Gasteiger partial charge in [0, 0.05) is 34.4 Å². The van der Waals surface area contributed by atoms with E-state index in [0.29, 0.717) is 34.0 Å². The molecule has 0 saturated carbocycles. The van der Waals surface area contributed by atoms with E-state index in [4.69, 9.17) is 21.8 Å². The van der Waals surface area contributed by atoms with Crippen molar-refractivity contribution in [2.45, 2.75) is 6.54 Å². The van der Waals surface area contributed by atoms with E-state index in [2.05, 4.69) is 31.7 Å². The van der Waals surface area contributed by atoms with Crippen molar-refractivity contribution in [3.05, 3.63) is 111 Å². The molecule has 0 fully saturated rings. The molecular weight excluding hydrogens is 540 g/mol. The van der Waals surface area contributed by atoms with Crippen LogP contribution < -0.4 is 10.6 Å². The molecule has 5 aromatic rings. The van der Waals surface area contributed by atoms with E-state index in [9.17, 15) is 4.79 Å². The molecule has 2 heterocycles. The molecule has 0 saturated heterocycles. The smallest absolute Gasteiger partial charge is 0.255 e. The van der Waals surface area contributed by atoms with Crippen molar-refractivity contribution in [3.63, 3.8) is 0 Å². The highest BCUT2D eigenvalue weighted by Gasteiger charge is 2.13. The van der Waals surface area contributed by atoms with Crippen LogP contribution >= 0.6 is 27.5 Å². The van der Waals surface area contributed by atoms with E-state index < -0.39 is 0 Å². The Hall–Kier alpha value is -4.19. The fraction of sp³-hybridized carbons (Fsp3) is 0.0370. The molecule has 9 heteroatoms. The summed E-state index contributed by atoms with van der Waals surface area (Å²) in [5.41, 5.74) is 4.67. The van der Waals surface area contributed by atoms with Crippen LogP contribution in [0, 0.1) is 11.3 Å². The van der Waals surface area contributed by atoms with Crippen LogP contribution in [0.3, 0.4) is 0 Å². The van der Waals surface area contributed by atoms with Crippen LogP contribution in [-0.2, 0) is 6.54 Å². The zero-order valence-electron chi connectivity index (χ0n) is 18.7. The first-order chi connectivity index (χ1) is 17.5. The van der Waals surface area contributed by atoms with Crippen LogP contribution in [-0.4, -0.2) is 20.5 Å². The average molecular weight is 558 g/mol. The second-order valence-electron chi connectivity index (χ2n) is 7.94. The Morgan fingerprint density at radius 2 is 1.89 bits per heavy atom. The summed E-state index contributed by atoms with van der Waals surface area (Å²) in [6.07, 6.45) is 1.70. The first-order valence-corrected chi connectivity index (χ1v) is 12.1. The molecule has 5 rings (SSSR count). The molecule has 0 aliphatic heterocycles. The number of anilines is 2. The Morgan fingerprint density at radius 1 is 1.06 bits per heavy atom. The summed E-state index contributed by atoms with van der Waals surface area (Å²) in [6, 6.07) is 25.6. The van der Waals surface area contributed by atoms with Crippen molar-refractivity contribution in [2.75, 3.05) is 10.6 Å². The molecule has 1 amide bonds. The Kier molecular flexibility index (Phi) is 6.67. The molecule has 176 valence electrons. The first kappa shape index (κ1) is 23.5. The standard InChI is InChI=1S/C27H18BrClN6O/c28-22-16-32-35-25(13-24(34-26(22)35)21-9-1-2-10-23(21)29)31-15-18-6-4-8-20(12-18)33-27(36)19-7-3-5-17(11-19)14-30/h1-13,16,31H,15H2,(H,33,36). The van der Waals surface area contributed by atoms with Gasteiger partial charge in [-0.3, -0.25) is 4.79 Å². The van der Waals surface area contributed by atoms with Crippen molar-refractivity contribution in [2.24, 2.45) is 0 Å². The van der Waals surface area contributed by atoms with Crippen molar-refractivity contribution >= 4 is 50.6 Å². The number of carbonyl (C=O) groups is 1. The summed E-state index contributed by atoms with van der Waals surface area (Å²) in [5.74, 6) is 0.460. The van der Waals surface area contributed by atoms with Gasteiger partial charge >= 0.3 is 0 Å². The maximum absolute atomic E-state index is 12.7. The second kappa shape index (κ2) is 10.2. The number of hydrogen-bond acceptors (Lipinski definition) is 5. The fourth-order valence-corrected chi connectivity index (χ4v) is 4.33. The van der Waals surface area contributed by atoms with Gasteiger partial charge in [0.25, 0.3) is 5.91 Å². The van der Waals surface area contributed by atoms with Crippen molar-refractivity contribution < 1.29 is 4.79 Å². The predicted molar refractivity (Wildman–Crippen MR) is 144 cm³/mol. The van der Waals surface area contributed by atoms with E-state index in [-0.39, 0.29) is 5.91 Å². The molecule has 0 atom stereocenters. The maximum Gasteiger partial charge on any atom is 0.255 e. The lowest BCUT2D eigenvalue weighted by Gasteiger charge is -2.13. The van der Waals surface area contributed by atoms with Gasteiger partial charge in [0.05, 0.1) is 28.0 Å². The Morgan fingerprint density at radius 3 is 2.72 bits per heavy atom. The number of carbonyl (C=O) groups excluding carboxylic acids is 1. The first-order valence-electron chi connectivity index (χ1n) is 11.0. The van der Waals surface area contributed by atoms with Gasteiger partial charge in [-0.25, -0.2) is 4.98 Å². The van der Waals surface area contributed by atoms with Crippen molar-refractivity contribution in [3.8, 4) is 17.3 Å². The van der Waals surface area contributed by atoms with Crippen LogP contribution in [0.4, 0.5) is 11.5 Å². The number of aromatic nitrogens is 3. The molecule has 36 heavy (non-hydrogen) atoms. The minimum absolute atomic E-state index is 0.279. The number of rotatable bonds is 6. The molecule has 0 bridgehead atoms. The summed E-state index contributed by atoms with van der Waals surface area (Å²) in [4.78, 5) is 17.4. The average Bonchev–Trinajstić information content (AvgIpc) is 3.28. The van der Waals surface area contributed by atoms with Crippen LogP contribution in [0.2, 0.25) is 5.02 Å². The topological polar surface area (TPSA) is 95.1 Å². The van der Waals surface area contributed by atoms with E-state index in [1.165, 1.54) is 0 Å². The van der Waals surface area contributed by atoms with Gasteiger partial charge in [-0.15, -0.1) is 0 Å². The quantitative estimate of drug-likeness (QED) is 0.247. The third kappa shape index (κ3) is 4.93. The highest BCUT2D eigenvalue weighted by Crippen LogP contribution is 2.30. The van der Waals surface area contributed by atoms with Crippen molar-refractivity contribution in [1.82, 2.24) is 14.6 Å². The minimum Gasteiger partial charge on any atom is -0.366 e. The van der Waals surface area contributed by atoms with E-state index in [0.717, 1.165) is 27.1 Å². The third-order valence-corrected chi connectivity index (χ3v) is 6.38. The van der Waals surface area contributed by atoms with Crippen LogP contribution in [0.15, 0.2) is 89.5 Å². The molecule has 2 aromatic heterocycles. The third-order valence-electron chi connectivity index (χ3n) is 5.49. The van der Waals surface area contributed by atoms with Gasteiger partial charge in [0.1, 0.15) is 5.82 Å². The second-order valence-corrected chi connectivity index (χ2v) is 9.20. The predicted octanol–water partition coefficient (Wildman–Crippen LogP) is 6.55. The number of nitrogens with zero attached hydrogens (tertiary/aromatic N) is 4. The summed E-state index contributed by atoms with van der Waals surface area (Å²) >= 11 is 9.94. The van der Waals surface area contributed by atoms with Crippen molar-refractivity contribution in [1.29, 1.82) is 5.26 Å². The van der Waals surface area contributed by atoms with Crippen LogP contribution in [0.5, 0.6) is 0 Å². The highest BCUT2D eigenvalue weighted by atomic mass is 79.9. The molecule has 7 nitrogen and oxygen atoms in total. The Labute approximate surface area is 220 Å². The van der Waals surface area contributed by atoms with Crippen LogP contribution in [0.1, 0.15) is 21.5 Å². The number of halogens is 2. The largest absolute Gasteiger partial charge is 0.366 e. The van der Waals surface area contributed by atoms with E-state index in [1.54, 1.807) is 35.0 Å². The Balaban J connectivity index is 1.38. The summed E-state index contributed by atoms with van der Waals surface area (Å²) in [5, 5.41) is 20.4. The van der Waals surface area contributed by atoms with E-state index >= 15 is 0 Å². The molecule has 0 aliphatic rings. The van der Waals surface area contributed by atoms with Gasteiger partial charge in [0.15, 0.2) is 5.65 Å². The summed E-state index contributed by atoms with van der Waals surface area (Å²) in [7, 11) is 0. The molecule has 2 N–H and O–H groups in total. The van der Waals surface area contributed by atoms with Gasteiger partial charge in [0.2, 0.25) is 0 Å². The fourth-order valence-electron chi connectivity index (χ4n) is 3.75. The monoisotopic (exact) mass is 556 g/mol. The zero-order chi connectivity index (χ0) is 25.1. The van der Waals surface area contributed by atoms with Gasteiger partial charge in [-0.05, 0) is 57.9 Å². The molecule has 0 radical (unpaired) electrons. The highest BCUT2D eigenvalue weighted by molar-refractivity contribution is 9.10. The number of hydrogen-bond donors (Lipinski definition) is 2. The number of benzene rings is 3. The number of nitriles is 1. The lowest BCUT2D eigenvalue weighted by molar-refractivity contribution is 0.102. The molecule has 0 spiro atoms. The summed E-state index contributed by atoms with van der Waals surface area (Å²) < 4.78 is 2.49. The SMILES string of the molecule is N#Cc1cccc(C(=O)Nc2cccc(CNc3cc(-c4ccccc4Cl)nc4c(Br)cnn34)c2)c1. The summed E-state index contributed by atoms with van der Waals surface area (Å²) in [6.45, 7) is 0.478. The maximum atomic E-state index is 12.7. The van der Waals surface area contributed by atoms with E-state index in [1.807, 2.05) is 60.7 Å². The lowest BCUT2D eigenvalue weighted by atomic mass is 10.1. The number of fused-ring (bicyclic) bond motifs is 1. The molecule has 3 aromatic carbocycles. The normalized spacial score (nSPS) is 10.7. The molecular formula is C27H18BrClN6O. The molecule has 0 unspecified atom stereocenters.